The summed E-state index contributed by atoms with van der Waals surface area (Å²) in [4.78, 5) is 24.2. The van der Waals surface area contributed by atoms with E-state index in [-0.39, 0.29) is 23.8 Å². The van der Waals surface area contributed by atoms with Gasteiger partial charge >= 0.3 is 6.09 Å². The number of ether oxygens (including phenoxy) is 2. The zero-order valence-electron chi connectivity index (χ0n) is 16.2. The number of hydrogen-bond donors (Lipinski definition) is 3. The maximum Gasteiger partial charge on any atom is 0.407 e. The van der Waals surface area contributed by atoms with E-state index in [1.165, 1.54) is 0 Å². The van der Waals surface area contributed by atoms with Crippen molar-refractivity contribution in [2.75, 3.05) is 18.5 Å². The first-order chi connectivity index (χ1) is 14.2. The smallest absolute Gasteiger partial charge is 0.407 e. The first-order valence-corrected chi connectivity index (χ1v) is 10.1. The van der Waals surface area contributed by atoms with Crippen LogP contribution < -0.4 is 10.6 Å². The SMILES string of the molecule is O=C(NCc1ccccc1)O[C@H]1C[C@@H](c2cc(NC(=O)C3CCOCC3)[nH]n2)C1. The number of alkyl carbamates (subject to hydrolysis) is 1. The average molecular weight is 398 g/mol. The number of benzene rings is 1. The highest BCUT2D eigenvalue weighted by molar-refractivity contribution is 5.91. The number of amides is 2. The average Bonchev–Trinajstić information content (AvgIpc) is 3.18. The number of carbonyl (C=O) groups is 2. The maximum atomic E-state index is 12.3. The van der Waals surface area contributed by atoms with E-state index >= 15 is 0 Å². The number of aromatic nitrogens is 2. The predicted octanol–water partition coefficient (Wildman–Crippen LogP) is 2.95. The van der Waals surface area contributed by atoms with Crippen molar-refractivity contribution in [3.8, 4) is 0 Å². The highest BCUT2D eigenvalue weighted by Crippen LogP contribution is 2.38. The van der Waals surface area contributed by atoms with E-state index < -0.39 is 6.09 Å². The van der Waals surface area contributed by atoms with Gasteiger partial charge in [0.05, 0.1) is 5.69 Å². The van der Waals surface area contributed by atoms with Gasteiger partial charge in [0.1, 0.15) is 11.9 Å². The van der Waals surface area contributed by atoms with E-state index in [0.29, 0.717) is 25.6 Å². The first kappa shape index (κ1) is 19.4. The van der Waals surface area contributed by atoms with E-state index in [4.69, 9.17) is 9.47 Å². The Morgan fingerprint density at radius 2 is 1.93 bits per heavy atom. The lowest BCUT2D eigenvalue weighted by molar-refractivity contribution is -0.122. The number of aromatic amines is 1. The largest absolute Gasteiger partial charge is 0.446 e. The van der Waals surface area contributed by atoms with Crippen molar-refractivity contribution in [2.24, 2.45) is 5.92 Å². The second-order valence-electron chi connectivity index (χ2n) is 7.62. The Morgan fingerprint density at radius 3 is 2.69 bits per heavy atom. The van der Waals surface area contributed by atoms with Gasteiger partial charge in [0, 0.05) is 37.7 Å². The fraction of sp³-hybridized carbons (Fsp3) is 0.476. The van der Waals surface area contributed by atoms with Crippen LogP contribution >= 0.6 is 0 Å². The van der Waals surface area contributed by atoms with Crippen LogP contribution in [0.15, 0.2) is 36.4 Å². The van der Waals surface area contributed by atoms with Crippen LogP contribution in [0.3, 0.4) is 0 Å². The van der Waals surface area contributed by atoms with Crippen LogP contribution in [-0.4, -0.2) is 41.5 Å². The Labute approximate surface area is 169 Å². The van der Waals surface area contributed by atoms with Gasteiger partial charge in [-0.3, -0.25) is 9.89 Å². The molecule has 0 atom stereocenters. The fourth-order valence-electron chi connectivity index (χ4n) is 3.67. The van der Waals surface area contributed by atoms with E-state index in [2.05, 4.69) is 20.8 Å². The summed E-state index contributed by atoms with van der Waals surface area (Å²) in [6.07, 6.45) is 2.46. The topological polar surface area (TPSA) is 105 Å². The normalized spacial score (nSPS) is 21.8. The van der Waals surface area contributed by atoms with Crippen LogP contribution in [0.4, 0.5) is 10.6 Å². The lowest BCUT2D eigenvalue weighted by Crippen LogP contribution is -2.36. The van der Waals surface area contributed by atoms with Crippen LogP contribution in [0.2, 0.25) is 0 Å². The lowest BCUT2D eigenvalue weighted by atomic mass is 9.80. The molecule has 8 nitrogen and oxygen atoms in total. The summed E-state index contributed by atoms with van der Waals surface area (Å²) in [6, 6.07) is 11.6. The second-order valence-corrected chi connectivity index (χ2v) is 7.62. The highest BCUT2D eigenvalue weighted by Gasteiger charge is 2.35. The summed E-state index contributed by atoms with van der Waals surface area (Å²) >= 11 is 0. The Hall–Kier alpha value is -2.87. The van der Waals surface area contributed by atoms with Gasteiger partial charge in [-0.2, -0.15) is 5.10 Å². The number of nitrogens with one attached hydrogen (secondary N) is 3. The zero-order valence-corrected chi connectivity index (χ0v) is 16.2. The maximum absolute atomic E-state index is 12.3. The molecule has 1 aliphatic carbocycles. The quantitative estimate of drug-likeness (QED) is 0.694. The van der Waals surface area contributed by atoms with E-state index in [1.807, 2.05) is 36.4 Å². The van der Waals surface area contributed by atoms with Gasteiger partial charge in [-0.05, 0) is 31.2 Å². The van der Waals surface area contributed by atoms with E-state index in [0.717, 1.165) is 36.9 Å². The molecular weight excluding hydrogens is 372 g/mol. The van der Waals surface area contributed by atoms with E-state index in [9.17, 15) is 9.59 Å². The number of nitrogens with zero attached hydrogens (tertiary/aromatic N) is 1. The van der Waals surface area contributed by atoms with Crippen molar-refractivity contribution in [3.05, 3.63) is 47.7 Å². The molecular formula is C21H26N4O4. The Kier molecular flexibility index (Phi) is 6.09. The molecule has 4 rings (SSSR count). The third-order valence-electron chi connectivity index (χ3n) is 5.51. The summed E-state index contributed by atoms with van der Waals surface area (Å²) < 4.78 is 10.7. The predicted molar refractivity (Wildman–Crippen MR) is 106 cm³/mol. The number of hydrogen-bond acceptors (Lipinski definition) is 5. The van der Waals surface area contributed by atoms with Crippen LogP contribution in [0, 0.1) is 5.92 Å². The van der Waals surface area contributed by atoms with E-state index in [1.54, 1.807) is 0 Å². The molecule has 3 N–H and O–H groups in total. The number of anilines is 1. The molecule has 2 heterocycles. The third-order valence-corrected chi connectivity index (χ3v) is 5.51. The van der Waals surface area contributed by atoms with Gasteiger partial charge in [-0.25, -0.2) is 4.79 Å². The van der Waals surface area contributed by atoms with Crippen molar-refractivity contribution in [2.45, 2.75) is 44.2 Å². The molecule has 1 aromatic heterocycles. The molecule has 29 heavy (non-hydrogen) atoms. The third kappa shape index (κ3) is 5.14. The van der Waals surface area contributed by atoms with Crippen molar-refractivity contribution in [1.82, 2.24) is 15.5 Å². The molecule has 0 radical (unpaired) electrons. The van der Waals surface area contributed by atoms with Crippen molar-refractivity contribution in [3.63, 3.8) is 0 Å². The highest BCUT2D eigenvalue weighted by atomic mass is 16.6. The number of carbonyl (C=O) groups excluding carboxylic acids is 2. The molecule has 2 amide bonds. The molecule has 8 heteroatoms. The van der Waals surface area contributed by atoms with Gasteiger partial charge in [0.2, 0.25) is 5.91 Å². The first-order valence-electron chi connectivity index (χ1n) is 10.1. The molecule has 0 spiro atoms. The zero-order chi connectivity index (χ0) is 20.1. The van der Waals surface area contributed by atoms with Crippen molar-refractivity contribution >= 4 is 17.8 Å². The number of H-pyrrole nitrogens is 1. The standard InChI is InChI=1S/C21H26N4O4/c26-20(15-6-8-28-9-7-15)23-19-12-18(24-25-19)16-10-17(11-16)29-21(27)22-13-14-4-2-1-3-5-14/h1-5,12,15-17H,6-11,13H2,(H,22,27)(H2,23,24,25,26)/t16-,17+. The molecule has 2 aliphatic rings. The monoisotopic (exact) mass is 398 g/mol. The van der Waals surface area contributed by atoms with Crippen LogP contribution in [0.5, 0.6) is 0 Å². The van der Waals surface area contributed by atoms with Gasteiger partial charge < -0.3 is 20.1 Å². The number of rotatable bonds is 6. The molecule has 1 saturated carbocycles. The summed E-state index contributed by atoms with van der Waals surface area (Å²) in [5.41, 5.74) is 1.92. The minimum atomic E-state index is -0.399. The summed E-state index contributed by atoms with van der Waals surface area (Å²) in [5, 5.41) is 12.9. The Morgan fingerprint density at radius 1 is 1.17 bits per heavy atom. The molecule has 154 valence electrons. The van der Waals surface area contributed by atoms with Crippen LogP contribution in [0.1, 0.15) is 42.9 Å². The van der Waals surface area contributed by atoms with Gasteiger partial charge in [-0.15, -0.1) is 0 Å². The lowest BCUT2D eigenvalue weighted by Gasteiger charge is -2.33. The van der Waals surface area contributed by atoms with Crippen LogP contribution in [-0.2, 0) is 20.8 Å². The van der Waals surface area contributed by atoms with Crippen LogP contribution in [0.25, 0.3) is 0 Å². The van der Waals surface area contributed by atoms with Crippen molar-refractivity contribution < 1.29 is 19.1 Å². The molecule has 1 aliphatic heterocycles. The van der Waals surface area contributed by atoms with Gasteiger partial charge in [-0.1, -0.05) is 30.3 Å². The van der Waals surface area contributed by atoms with Gasteiger partial charge in [0.15, 0.2) is 0 Å². The second kappa shape index (κ2) is 9.09. The Bertz CT molecular complexity index is 826. The summed E-state index contributed by atoms with van der Waals surface area (Å²) in [6.45, 7) is 1.72. The molecule has 0 unspecified atom stereocenters. The minimum absolute atomic E-state index is 0.00778. The minimum Gasteiger partial charge on any atom is -0.446 e. The Balaban J connectivity index is 1.18. The molecule has 1 saturated heterocycles. The molecule has 0 bridgehead atoms. The summed E-state index contributed by atoms with van der Waals surface area (Å²) in [5.74, 6) is 0.841. The molecule has 2 fully saturated rings. The fourth-order valence-corrected chi connectivity index (χ4v) is 3.67. The van der Waals surface area contributed by atoms with Gasteiger partial charge in [0.25, 0.3) is 0 Å². The molecule has 2 aromatic rings. The summed E-state index contributed by atoms with van der Waals surface area (Å²) in [7, 11) is 0. The van der Waals surface area contributed by atoms with Crippen molar-refractivity contribution in [1.29, 1.82) is 0 Å². The molecule has 1 aromatic carbocycles.